The van der Waals surface area contributed by atoms with Gasteiger partial charge in [-0.25, -0.2) is 13.1 Å². The Kier molecular flexibility index (Phi) is 4.13. The molecule has 0 aromatic heterocycles. The lowest BCUT2D eigenvalue weighted by Crippen LogP contribution is -2.30. The fourth-order valence-electron chi connectivity index (χ4n) is 2.06. The molecule has 1 N–H and O–H groups in total. The van der Waals surface area contributed by atoms with Crippen LogP contribution in [0.15, 0.2) is 29.2 Å². The zero-order chi connectivity index (χ0) is 14.0. The fraction of sp³-hybridized carbons (Fsp3) is 0.417. The van der Waals surface area contributed by atoms with E-state index in [-0.39, 0.29) is 28.3 Å². The first kappa shape index (κ1) is 14.3. The number of benzene rings is 1. The van der Waals surface area contributed by atoms with Crippen molar-refractivity contribution in [1.82, 2.24) is 9.62 Å². The molecule has 104 valence electrons. The molecule has 1 saturated heterocycles. The highest BCUT2D eigenvalue weighted by molar-refractivity contribution is 7.89. The molecule has 1 fully saturated rings. The first-order chi connectivity index (χ1) is 8.90. The summed E-state index contributed by atoms with van der Waals surface area (Å²) in [5, 5.41) is 0.189. The number of carbonyl (C=O) groups is 1. The van der Waals surface area contributed by atoms with Gasteiger partial charge in [-0.05, 0) is 18.1 Å². The van der Waals surface area contributed by atoms with Gasteiger partial charge in [-0.15, -0.1) is 0 Å². The Labute approximate surface area is 117 Å². The second-order valence-corrected chi connectivity index (χ2v) is 6.77. The highest BCUT2D eigenvalue weighted by atomic mass is 35.5. The molecule has 1 heterocycles. The largest absolute Gasteiger partial charge is 0.345 e. The molecule has 0 saturated carbocycles. The first-order valence-electron chi connectivity index (χ1n) is 5.88. The Morgan fingerprint density at radius 3 is 2.68 bits per heavy atom. The van der Waals surface area contributed by atoms with Crippen LogP contribution in [0, 0.1) is 5.92 Å². The van der Waals surface area contributed by atoms with Crippen LogP contribution in [0.4, 0.5) is 0 Å². The molecule has 1 unspecified atom stereocenters. The van der Waals surface area contributed by atoms with Crippen LogP contribution in [0.25, 0.3) is 0 Å². The topological polar surface area (TPSA) is 66.5 Å². The van der Waals surface area contributed by atoms with Gasteiger partial charge in [-0.3, -0.25) is 4.79 Å². The van der Waals surface area contributed by atoms with E-state index in [0.29, 0.717) is 13.0 Å². The van der Waals surface area contributed by atoms with Crippen molar-refractivity contribution in [3.63, 3.8) is 0 Å². The summed E-state index contributed by atoms with van der Waals surface area (Å²) < 4.78 is 26.7. The van der Waals surface area contributed by atoms with Crippen molar-refractivity contribution in [3.05, 3.63) is 29.3 Å². The van der Waals surface area contributed by atoms with E-state index in [0.717, 1.165) is 0 Å². The van der Waals surface area contributed by atoms with E-state index in [1.165, 1.54) is 12.1 Å². The van der Waals surface area contributed by atoms with Crippen molar-refractivity contribution < 1.29 is 13.2 Å². The first-order valence-corrected chi connectivity index (χ1v) is 7.74. The van der Waals surface area contributed by atoms with Crippen LogP contribution in [-0.2, 0) is 14.8 Å². The third-order valence-electron chi connectivity index (χ3n) is 3.11. The Hall–Kier alpha value is -1.11. The van der Waals surface area contributed by atoms with Crippen LogP contribution in [0.3, 0.4) is 0 Å². The number of likely N-dealkylation sites (tertiary alicyclic amines) is 1. The van der Waals surface area contributed by atoms with Gasteiger partial charge in [0.15, 0.2) is 0 Å². The number of amides is 1. The standard InChI is InChI=1S/C12H15ClN2O3S/c1-15-8-9(6-12(15)16)7-14-19(17,18)11-5-3-2-4-10(11)13/h2-5,9,14H,6-8H2,1H3. The molecule has 1 aromatic carbocycles. The van der Waals surface area contributed by atoms with E-state index in [9.17, 15) is 13.2 Å². The predicted octanol–water partition coefficient (Wildman–Crippen LogP) is 1.10. The summed E-state index contributed by atoms with van der Waals surface area (Å²) in [6.45, 7) is 0.813. The number of hydrogen-bond acceptors (Lipinski definition) is 3. The molecule has 1 aromatic rings. The summed E-state index contributed by atoms with van der Waals surface area (Å²) in [5.41, 5.74) is 0. The maximum Gasteiger partial charge on any atom is 0.242 e. The molecule has 0 spiro atoms. The number of rotatable bonds is 4. The smallest absolute Gasteiger partial charge is 0.242 e. The quantitative estimate of drug-likeness (QED) is 0.905. The molecule has 0 aliphatic carbocycles. The van der Waals surface area contributed by atoms with Gasteiger partial charge >= 0.3 is 0 Å². The number of carbonyl (C=O) groups excluding carboxylic acids is 1. The van der Waals surface area contributed by atoms with E-state index in [1.807, 2.05) is 0 Å². The summed E-state index contributed by atoms with van der Waals surface area (Å²) >= 11 is 5.87. The maximum atomic E-state index is 12.1. The van der Waals surface area contributed by atoms with Gasteiger partial charge in [-0.2, -0.15) is 0 Å². The molecule has 1 aliphatic heterocycles. The Morgan fingerprint density at radius 1 is 1.42 bits per heavy atom. The number of halogens is 1. The highest BCUT2D eigenvalue weighted by Gasteiger charge is 2.28. The summed E-state index contributed by atoms with van der Waals surface area (Å²) in [4.78, 5) is 13.0. The zero-order valence-corrected chi connectivity index (χ0v) is 12.0. The molecule has 1 atom stereocenters. The molecule has 0 radical (unpaired) electrons. The van der Waals surface area contributed by atoms with Crippen molar-refractivity contribution in [1.29, 1.82) is 0 Å². The minimum atomic E-state index is -3.63. The molecule has 1 aliphatic rings. The molecule has 1 amide bonds. The lowest BCUT2D eigenvalue weighted by molar-refractivity contribution is -0.126. The normalized spacial score (nSPS) is 20.0. The van der Waals surface area contributed by atoms with Crippen molar-refractivity contribution in [2.45, 2.75) is 11.3 Å². The van der Waals surface area contributed by atoms with Crippen molar-refractivity contribution >= 4 is 27.5 Å². The summed E-state index contributed by atoms with van der Waals surface area (Å²) in [7, 11) is -1.91. The highest BCUT2D eigenvalue weighted by Crippen LogP contribution is 2.21. The zero-order valence-electron chi connectivity index (χ0n) is 10.5. The Balaban J connectivity index is 2.03. The lowest BCUT2D eigenvalue weighted by atomic mass is 10.1. The maximum absolute atomic E-state index is 12.1. The molecule has 2 rings (SSSR count). The van der Waals surface area contributed by atoms with E-state index in [1.54, 1.807) is 24.1 Å². The summed E-state index contributed by atoms with van der Waals surface area (Å²) in [6, 6.07) is 6.28. The van der Waals surface area contributed by atoms with Gasteiger partial charge < -0.3 is 4.90 Å². The average molecular weight is 303 g/mol. The number of nitrogens with zero attached hydrogens (tertiary/aromatic N) is 1. The van der Waals surface area contributed by atoms with E-state index in [4.69, 9.17) is 11.6 Å². The molecular weight excluding hydrogens is 288 g/mol. The minimum absolute atomic E-state index is 0.00904. The molecule has 19 heavy (non-hydrogen) atoms. The second kappa shape index (κ2) is 5.48. The molecular formula is C12H15ClN2O3S. The molecule has 5 nitrogen and oxygen atoms in total. The van der Waals surface area contributed by atoms with Gasteiger partial charge in [-0.1, -0.05) is 23.7 Å². The van der Waals surface area contributed by atoms with Crippen molar-refractivity contribution in [2.75, 3.05) is 20.1 Å². The Morgan fingerprint density at radius 2 is 2.11 bits per heavy atom. The lowest BCUT2D eigenvalue weighted by Gasteiger charge is -2.12. The predicted molar refractivity (Wildman–Crippen MR) is 72.4 cm³/mol. The second-order valence-electron chi connectivity index (χ2n) is 4.63. The molecule has 7 heteroatoms. The molecule has 0 bridgehead atoms. The van der Waals surface area contributed by atoms with Crippen LogP contribution in [-0.4, -0.2) is 39.4 Å². The average Bonchev–Trinajstić information content (AvgIpc) is 2.67. The van der Waals surface area contributed by atoms with Gasteiger partial charge in [0.1, 0.15) is 4.90 Å². The SMILES string of the molecule is CN1CC(CNS(=O)(=O)c2ccccc2Cl)CC1=O. The third-order valence-corrected chi connectivity index (χ3v) is 5.03. The number of sulfonamides is 1. The van der Waals surface area contributed by atoms with Gasteiger partial charge in [0, 0.05) is 26.6 Å². The van der Waals surface area contributed by atoms with E-state index >= 15 is 0 Å². The van der Waals surface area contributed by atoms with Gasteiger partial charge in [0.25, 0.3) is 0 Å². The third kappa shape index (κ3) is 3.26. The van der Waals surface area contributed by atoms with Crippen molar-refractivity contribution in [2.24, 2.45) is 5.92 Å². The monoisotopic (exact) mass is 302 g/mol. The Bertz CT molecular complexity index is 588. The van der Waals surface area contributed by atoms with Gasteiger partial charge in [0.2, 0.25) is 15.9 Å². The van der Waals surface area contributed by atoms with Crippen LogP contribution >= 0.6 is 11.6 Å². The summed E-state index contributed by atoms with van der Waals surface area (Å²) in [5.74, 6) is 0.0525. The summed E-state index contributed by atoms with van der Waals surface area (Å²) in [6.07, 6.45) is 0.377. The van der Waals surface area contributed by atoms with Crippen molar-refractivity contribution in [3.8, 4) is 0 Å². The van der Waals surface area contributed by atoms with Crippen LogP contribution in [0.2, 0.25) is 5.02 Å². The van der Waals surface area contributed by atoms with Crippen LogP contribution in [0.5, 0.6) is 0 Å². The van der Waals surface area contributed by atoms with E-state index in [2.05, 4.69) is 4.72 Å². The van der Waals surface area contributed by atoms with Crippen LogP contribution in [0.1, 0.15) is 6.42 Å². The minimum Gasteiger partial charge on any atom is -0.345 e. The van der Waals surface area contributed by atoms with Gasteiger partial charge in [0.05, 0.1) is 5.02 Å². The number of nitrogens with one attached hydrogen (secondary N) is 1. The number of hydrogen-bond donors (Lipinski definition) is 1. The van der Waals surface area contributed by atoms with Crippen LogP contribution < -0.4 is 4.72 Å². The van der Waals surface area contributed by atoms with E-state index < -0.39 is 10.0 Å². The fourth-order valence-corrected chi connectivity index (χ4v) is 3.69.